The zero-order valence-electron chi connectivity index (χ0n) is 11.9. The van der Waals surface area contributed by atoms with Crippen LogP contribution in [-0.4, -0.2) is 26.0 Å². The van der Waals surface area contributed by atoms with Crippen LogP contribution in [0.15, 0.2) is 42.5 Å². The van der Waals surface area contributed by atoms with Gasteiger partial charge in [-0.2, -0.15) is 0 Å². The highest BCUT2D eigenvalue weighted by molar-refractivity contribution is 6.37. The highest BCUT2D eigenvalue weighted by Gasteiger charge is 2.20. The molecular weight excluding hydrogens is 343 g/mol. The Labute approximate surface area is 144 Å². The summed E-state index contributed by atoms with van der Waals surface area (Å²) in [6, 6.07) is 12.0. The molecule has 1 N–H and O–H groups in total. The lowest BCUT2D eigenvalue weighted by molar-refractivity contribution is 0.0987. The van der Waals surface area contributed by atoms with Gasteiger partial charge in [0.15, 0.2) is 0 Å². The van der Waals surface area contributed by atoms with Crippen LogP contribution < -0.4 is 10.2 Å². The summed E-state index contributed by atoms with van der Waals surface area (Å²) in [5, 5.41) is 4.48. The summed E-state index contributed by atoms with van der Waals surface area (Å²) in [7, 11) is 1.83. The maximum atomic E-state index is 12.8. The van der Waals surface area contributed by atoms with Crippen molar-refractivity contribution in [2.45, 2.75) is 0 Å². The smallest absolute Gasteiger partial charge is 0.259 e. The third kappa shape index (κ3) is 4.14. The molecule has 0 atom stereocenters. The molecule has 0 spiro atoms. The van der Waals surface area contributed by atoms with Crippen molar-refractivity contribution in [2.24, 2.45) is 0 Å². The largest absolute Gasteiger partial charge is 0.318 e. The average Bonchev–Trinajstić information content (AvgIpc) is 2.49. The lowest BCUT2D eigenvalue weighted by atomic mass is 10.1. The lowest BCUT2D eigenvalue weighted by Crippen LogP contribution is -2.36. The second-order valence-electron chi connectivity index (χ2n) is 4.66. The Hall–Kier alpha value is -1.26. The fraction of sp³-hybridized carbons (Fsp3) is 0.188. The molecule has 0 heterocycles. The van der Waals surface area contributed by atoms with E-state index in [1.807, 2.05) is 7.05 Å². The normalized spacial score (nSPS) is 10.5. The van der Waals surface area contributed by atoms with Gasteiger partial charge in [0.05, 0.1) is 10.6 Å². The van der Waals surface area contributed by atoms with Gasteiger partial charge in [0.2, 0.25) is 0 Å². The number of hydrogen-bond acceptors (Lipinski definition) is 2. The number of rotatable bonds is 5. The van der Waals surface area contributed by atoms with E-state index in [4.69, 9.17) is 34.8 Å². The first-order chi connectivity index (χ1) is 10.5. The van der Waals surface area contributed by atoms with Gasteiger partial charge < -0.3 is 10.2 Å². The lowest BCUT2D eigenvalue weighted by Gasteiger charge is -2.23. The Morgan fingerprint density at radius 1 is 1.05 bits per heavy atom. The van der Waals surface area contributed by atoms with Crippen molar-refractivity contribution in [1.82, 2.24) is 5.32 Å². The van der Waals surface area contributed by atoms with Gasteiger partial charge in [-0.1, -0.05) is 34.8 Å². The van der Waals surface area contributed by atoms with Crippen LogP contribution in [0.3, 0.4) is 0 Å². The molecule has 6 heteroatoms. The van der Waals surface area contributed by atoms with Crippen molar-refractivity contribution in [2.75, 3.05) is 25.0 Å². The van der Waals surface area contributed by atoms with Gasteiger partial charge in [0.1, 0.15) is 0 Å². The molecule has 0 bridgehead atoms. The molecule has 0 radical (unpaired) electrons. The van der Waals surface area contributed by atoms with E-state index < -0.39 is 0 Å². The summed E-state index contributed by atoms with van der Waals surface area (Å²) in [6.45, 7) is 1.16. The maximum absolute atomic E-state index is 12.8. The molecule has 2 aromatic carbocycles. The molecule has 2 aromatic rings. The topological polar surface area (TPSA) is 32.3 Å². The van der Waals surface area contributed by atoms with Crippen LogP contribution in [0.5, 0.6) is 0 Å². The summed E-state index contributed by atoms with van der Waals surface area (Å²) in [6.07, 6.45) is 0. The SMILES string of the molecule is CNCCN(C(=O)c1ccc(Cl)cc1Cl)c1ccc(Cl)cc1. The Bertz CT molecular complexity index is 659. The Kier molecular flexibility index (Phi) is 6.09. The van der Waals surface area contributed by atoms with Crippen molar-refractivity contribution in [3.8, 4) is 0 Å². The summed E-state index contributed by atoms with van der Waals surface area (Å²) >= 11 is 17.9. The number of nitrogens with one attached hydrogen (secondary N) is 1. The fourth-order valence-corrected chi connectivity index (χ4v) is 2.62. The van der Waals surface area contributed by atoms with Crippen molar-refractivity contribution < 1.29 is 4.79 Å². The molecule has 3 nitrogen and oxygen atoms in total. The Morgan fingerprint density at radius 2 is 1.68 bits per heavy atom. The van der Waals surface area contributed by atoms with Crippen LogP contribution in [-0.2, 0) is 0 Å². The molecular formula is C16H15Cl3N2O. The standard InChI is InChI=1S/C16H15Cl3N2O/c1-20-8-9-21(13-5-2-11(17)3-6-13)16(22)14-7-4-12(18)10-15(14)19/h2-7,10,20H,8-9H2,1H3. The molecule has 0 fully saturated rings. The van der Waals surface area contributed by atoms with Gasteiger partial charge in [0.25, 0.3) is 5.91 Å². The van der Waals surface area contributed by atoms with Gasteiger partial charge in [-0.15, -0.1) is 0 Å². The minimum absolute atomic E-state index is 0.181. The van der Waals surface area contributed by atoms with Crippen molar-refractivity contribution in [3.63, 3.8) is 0 Å². The van der Waals surface area contributed by atoms with Gasteiger partial charge in [-0.05, 0) is 49.5 Å². The number of amides is 1. The predicted octanol–water partition coefficient (Wildman–Crippen LogP) is 4.51. The van der Waals surface area contributed by atoms with Crippen molar-refractivity contribution in [3.05, 3.63) is 63.1 Å². The maximum Gasteiger partial charge on any atom is 0.259 e. The quantitative estimate of drug-likeness (QED) is 0.853. The highest BCUT2D eigenvalue weighted by atomic mass is 35.5. The number of carbonyl (C=O) groups is 1. The first-order valence-corrected chi connectivity index (χ1v) is 7.83. The van der Waals surface area contributed by atoms with E-state index >= 15 is 0 Å². The molecule has 116 valence electrons. The van der Waals surface area contributed by atoms with E-state index in [-0.39, 0.29) is 5.91 Å². The molecule has 1 amide bonds. The Balaban J connectivity index is 2.35. The Morgan fingerprint density at radius 3 is 2.27 bits per heavy atom. The number of halogens is 3. The summed E-state index contributed by atoms with van der Waals surface area (Å²) in [5.74, 6) is -0.181. The molecule has 0 unspecified atom stereocenters. The van der Waals surface area contributed by atoms with Crippen LogP contribution in [0.4, 0.5) is 5.69 Å². The van der Waals surface area contributed by atoms with Gasteiger partial charge in [0, 0.05) is 28.8 Å². The summed E-state index contributed by atoms with van der Waals surface area (Å²) in [5.41, 5.74) is 1.17. The fourth-order valence-electron chi connectivity index (χ4n) is 2.00. The van der Waals surface area contributed by atoms with E-state index in [2.05, 4.69) is 5.32 Å². The summed E-state index contributed by atoms with van der Waals surface area (Å²) < 4.78 is 0. The molecule has 0 aliphatic rings. The molecule has 0 saturated heterocycles. The van der Waals surface area contributed by atoms with Crippen molar-refractivity contribution in [1.29, 1.82) is 0 Å². The van der Waals surface area contributed by atoms with Gasteiger partial charge in [-0.25, -0.2) is 0 Å². The molecule has 0 aromatic heterocycles. The van der Waals surface area contributed by atoms with Gasteiger partial charge in [-0.3, -0.25) is 4.79 Å². The monoisotopic (exact) mass is 356 g/mol. The first kappa shape index (κ1) is 17.1. The van der Waals surface area contributed by atoms with Crippen LogP contribution in [0.25, 0.3) is 0 Å². The second-order valence-corrected chi connectivity index (χ2v) is 5.94. The van der Waals surface area contributed by atoms with Crippen molar-refractivity contribution >= 4 is 46.4 Å². The number of hydrogen-bond donors (Lipinski definition) is 1. The van der Waals surface area contributed by atoms with E-state index in [9.17, 15) is 4.79 Å². The molecule has 22 heavy (non-hydrogen) atoms. The van der Waals surface area contributed by atoms with Crippen LogP contribution in [0.2, 0.25) is 15.1 Å². The minimum atomic E-state index is -0.181. The number of anilines is 1. The molecule has 0 aliphatic heterocycles. The third-order valence-electron chi connectivity index (χ3n) is 3.13. The van der Waals surface area contributed by atoms with E-state index in [1.54, 1.807) is 47.4 Å². The first-order valence-electron chi connectivity index (χ1n) is 6.70. The average molecular weight is 358 g/mol. The number of carbonyl (C=O) groups excluding carboxylic acids is 1. The third-order valence-corrected chi connectivity index (χ3v) is 3.93. The number of benzene rings is 2. The van der Waals surface area contributed by atoms with E-state index in [0.717, 1.165) is 5.69 Å². The molecule has 2 rings (SSSR count). The molecule has 0 aliphatic carbocycles. The number of nitrogens with zero attached hydrogens (tertiary/aromatic N) is 1. The van der Waals surface area contributed by atoms with E-state index in [1.165, 1.54) is 0 Å². The van der Waals surface area contributed by atoms with E-state index in [0.29, 0.717) is 33.7 Å². The zero-order chi connectivity index (χ0) is 16.1. The zero-order valence-corrected chi connectivity index (χ0v) is 14.2. The predicted molar refractivity (Wildman–Crippen MR) is 93.5 cm³/mol. The van der Waals surface area contributed by atoms with Crippen LogP contribution in [0.1, 0.15) is 10.4 Å². The van der Waals surface area contributed by atoms with Crippen LogP contribution >= 0.6 is 34.8 Å². The number of likely N-dealkylation sites (N-methyl/N-ethyl adjacent to an activating group) is 1. The highest BCUT2D eigenvalue weighted by Crippen LogP contribution is 2.25. The summed E-state index contributed by atoms with van der Waals surface area (Å²) in [4.78, 5) is 14.5. The molecule has 0 saturated carbocycles. The second kappa shape index (κ2) is 7.84. The van der Waals surface area contributed by atoms with Crippen LogP contribution in [0, 0.1) is 0 Å². The van der Waals surface area contributed by atoms with Gasteiger partial charge >= 0.3 is 0 Å². The minimum Gasteiger partial charge on any atom is -0.318 e.